The Labute approximate surface area is 135 Å². The first-order valence-corrected chi connectivity index (χ1v) is 9.37. The fourth-order valence-electron chi connectivity index (χ4n) is 3.00. The second-order valence-electron chi connectivity index (χ2n) is 7.11. The molecule has 0 spiro atoms. The van der Waals surface area contributed by atoms with Gasteiger partial charge in [-0.1, -0.05) is 13.8 Å². The standard InChI is InChI=1S/C16H34N4S/c1-7-17-15(18-11-16(2,3)12-20(4)5)19-13-8-9-14(10-13)21-6/h13-14H,7-12H2,1-6H3,(H2,17,18,19). The zero-order chi connectivity index (χ0) is 15.9. The maximum atomic E-state index is 4.81. The third-order valence-electron chi connectivity index (χ3n) is 3.81. The Morgan fingerprint density at radius 2 is 2.05 bits per heavy atom. The van der Waals surface area contributed by atoms with Gasteiger partial charge < -0.3 is 15.5 Å². The highest BCUT2D eigenvalue weighted by Gasteiger charge is 2.25. The van der Waals surface area contributed by atoms with E-state index in [2.05, 4.69) is 56.7 Å². The van der Waals surface area contributed by atoms with Crippen molar-refractivity contribution >= 4 is 17.7 Å². The second-order valence-corrected chi connectivity index (χ2v) is 8.25. The van der Waals surface area contributed by atoms with E-state index in [1.165, 1.54) is 19.3 Å². The molecule has 1 aliphatic rings. The Bertz CT molecular complexity index is 328. The number of nitrogens with zero attached hydrogens (tertiary/aromatic N) is 2. The Hall–Kier alpha value is -0.420. The van der Waals surface area contributed by atoms with Gasteiger partial charge in [0.1, 0.15) is 0 Å². The van der Waals surface area contributed by atoms with E-state index < -0.39 is 0 Å². The molecule has 2 N–H and O–H groups in total. The van der Waals surface area contributed by atoms with Crippen LogP contribution >= 0.6 is 11.8 Å². The first kappa shape index (κ1) is 18.6. The van der Waals surface area contributed by atoms with Gasteiger partial charge in [-0.3, -0.25) is 4.99 Å². The van der Waals surface area contributed by atoms with Crippen LogP contribution in [0, 0.1) is 5.41 Å². The van der Waals surface area contributed by atoms with Crippen LogP contribution in [0.3, 0.4) is 0 Å². The summed E-state index contributed by atoms with van der Waals surface area (Å²) in [6, 6.07) is 0.581. The molecule has 0 heterocycles. The molecule has 0 aliphatic heterocycles. The van der Waals surface area contributed by atoms with Crippen LogP contribution in [-0.4, -0.2) is 62.1 Å². The van der Waals surface area contributed by atoms with Gasteiger partial charge in [0.25, 0.3) is 0 Å². The van der Waals surface area contributed by atoms with Gasteiger partial charge in [0.15, 0.2) is 5.96 Å². The fraction of sp³-hybridized carbons (Fsp3) is 0.938. The van der Waals surface area contributed by atoms with Gasteiger partial charge in [-0.05, 0) is 52.0 Å². The normalized spacial score (nSPS) is 23.7. The highest BCUT2D eigenvalue weighted by molar-refractivity contribution is 7.99. The summed E-state index contributed by atoms with van der Waals surface area (Å²) in [5, 5.41) is 7.82. The molecule has 4 nitrogen and oxygen atoms in total. The summed E-state index contributed by atoms with van der Waals surface area (Å²) in [5.74, 6) is 0.982. The van der Waals surface area contributed by atoms with E-state index in [0.29, 0.717) is 6.04 Å². The van der Waals surface area contributed by atoms with Gasteiger partial charge >= 0.3 is 0 Å². The molecular weight excluding hydrogens is 280 g/mol. The minimum absolute atomic E-state index is 0.198. The Morgan fingerprint density at radius 1 is 1.33 bits per heavy atom. The highest BCUT2D eigenvalue weighted by Crippen LogP contribution is 2.28. The number of aliphatic imine (C=N–C) groups is 1. The van der Waals surface area contributed by atoms with Gasteiger partial charge in [-0.15, -0.1) is 0 Å². The lowest BCUT2D eigenvalue weighted by Crippen LogP contribution is -2.43. The van der Waals surface area contributed by atoms with Crippen LogP contribution in [0.15, 0.2) is 4.99 Å². The summed E-state index contributed by atoms with van der Waals surface area (Å²) in [5.41, 5.74) is 0.198. The van der Waals surface area contributed by atoms with Gasteiger partial charge in [0.2, 0.25) is 0 Å². The molecule has 1 rings (SSSR count). The van der Waals surface area contributed by atoms with Crippen LogP contribution in [0.4, 0.5) is 0 Å². The van der Waals surface area contributed by atoms with Crippen molar-refractivity contribution in [3.05, 3.63) is 0 Å². The summed E-state index contributed by atoms with van der Waals surface area (Å²) in [6.07, 6.45) is 6.06. The largest absolute Gasteiger partial charge is 0.357 e. The minimum Gasteiger partial charge on any atom is -0.357 e. The summed E-state index contributed by atoms with van der Waals surface area (Å²) in [6.45, 7) is 9.49. The number of nitrogens with one attached hydrogen (secondary N) is 2. The van der Waals surface area contributed by atoms with Gasteiger partial charge in [-0.2, -0.15) is 11.8 Å². The molecular formula is C16H34N4S. The molecule has 0 bridgehead atoms. The number of hydrogen-bond acceptors (Lipinski definition) is 3. The van der Waals surface area contributed by atoms with E-state index in [1.807, 2.05) is 11.8 Å². The topological polar surface area (TPSA) is 39.7 Å². The fourth-order valence-corrected chi connectivity index (χ4v) is 3.79. The number of guanidine groups is 1. The molecule has 1 saturated carbocycles. The predicted molar refractivity (Wildman–Crippen MR) is 96.4 cm³/mol. The van der Waals surface area contributed by atoms with Gasteiger partial charge in [0, 0.05) is 30.9 Å². The average molecular weight is 315 g/mol. The van der Waals surface area contributed by atoms with Gasteiger partial charge in [-0.25, -0.2) is 0 Å². The van der Waals surface area contributed by atoms with Crippen LogP contribution in [0.25, 0.3) is 0 Å². The van der Waals surface area contributed by atoms with Crippen molar-refractivity contribution in [1.82, 2.24) is 15.5 Å². The maximum Gasteiger partial charge on any atom is 0.191 e. The molecule has 1 fully saturated rings. The third-order valence-corrected chi connectivity index (χ3v) is 4.91. The van der Waals surface area contributed by atoms with Crippen LogP contribution < -0.4 is 10.6 Å². The van der Waals surface area contributed by atoms with Crippen molar-refractivity contribution in [3.63, 3.8) is 0 Å². The molecule has 0 aromatic carbocycles. The van der Waals surface area contributed by atoms with E-state index in [9.17, 15) is 0 Å². The monoisotopic (exact) mass is 314 g/mol. The molecule has 0 saturated heterocycles. The van der Waals surface area contributed by atoms with Crippen molar-refractivity contribution < 1.29 is 0 Å². The molecule has 5 heteroatoms. The number of rotatable bonds is 7. The number of thioether (sulfide) groups is 1. The molecule has 2 atom stereocenters. The van der Waals surface area contributed by atoms with Crippen LogP contribution in [0.2, 0.25) is 0 Å². The molecule has 21 heavy (non-hydrogen) atoms. The Kier molecular flexibility index (Phi) is 7.88. The first-order valence-electron chi connectivity index (χ1n) is 8.08. The summed E-state index contributed by atoms with van der Waals surface area (Å²) in [7, 11) is 4.24. The lowest BCUT2D eigenvalue weighted by Gasteiger charge is -2.27. The summed E-state index contributed by atoms with van der Waals surface area (Å²) < 4.78 is 0. The lowest BCUT2D eigenvalue weighted by atomic mass is 9.93. The van der Waals surface area contributed by atoms with Crippen LogP contribution in [-0.2, 0) is 0 Å². The van der Waals surface area contributed by atoms with Crippen molar-refractivity contribution in [2.45, 2.75) is 51.3 Å². The van der Waals surface area contributed by atoms with Gasteiger partial charge in [0.05, 0.1) is 0 Å². The van der Waals surface area contributed by atoms with Crippen molar-refractivity contribution in [2.24, 2.45) is 10.4 Å². The van der Waals surface area contributed by atoms with Crippen LogP contribution in [0.5, 0.6) is 0 Å². The second kappa shape index (κ2) is 8.89. The zero-order valence-electron chi connectivity index (χ0n) is 14.7. The van der Waals surface area contributed by atoms with Crippen molar-refractivity contribution in [3.8, 4) is 0 Å². The molecule has 1 aliphatic carbocycles. The molecule has 0 aromatic heterocycles. The van der Waals surface area contributed by atoms with Crippen molar-refractivity contribution in [2.75, 3.05) is 40.0 Å². The van der Waals surface area contributed by atoms with E-state index in [1.54, 1.807) is 0 Å². The van der Waals surface area contributed by atoms with Crippen LogP contribution in [0.1, 0.15) is 40.0 Å². The third kappa shape index (κ3) is 7.41. The predicted octanol–water partition coefficient (Wildman–Crippen LogP) is 2.41. The molecule has 124 valence electrons. The smallest absolute Gasteiger partial charge is 0.191 e. The summed E-state index contributed by atoms with van der Waals surface area (Å²) >= 11 is 2.00. The summed E-state index contributed by atoms with van der Waals surface area (Å²) in [4.78, 5) is 7.05. The molecule has 0 aromatic rings. The van der Waals surface area contributed by atoms with Crippen molar-refractivity contribution in [1.29, 1.82) is 0 Å². The van der Waals surface area contributed by atoms with E-state index in [-0.39, 0.29) is 5.41 Å². The van der Waals surface area contributed by atoms with E-state index in [4.69, 9.17) is 4.99 Å². The molecule has 0 radical (unpaired) electrons. The molecule has 2 unspecified atom stereocenters. The average Bonchev–Trinajstić information content (AvgIpc) is 2.82. The van der Waals surface area contributed by atoms with E-state index in [0.717, 1.165) is 30.8 Å². The Morgan fingerprint density at radius 3 is 2.57 bits per heavy atom. The maximum absolute atomic E-state index is 4.81. The quantitative estimate of drug-likeness (QED) is 0.559. The zero-order valence-corrected chi connectivity index (χ0v) is 15.5. The minimum atomic E-state index is 0.198. The SMILES string of the molecule is CCNC(=NCC(C)(C)CN(C)C)NC1CCC(SC)C1. The highest BCUT2D eigenvalue weighted by atomic mass is 32.2. The number of hydrogen-bond donors (Lipinski definition) is 2. The molecule has 0 amide bonds. The first-order chi connectivity index (χ1) is 9.86. The Balaban J connectivity index is 2.53. The van der Waals surface area contributed by atoms with E-state index >= 15 is 0 Å². The lowest BCUT2D eigenvalue weighted by molar-refractivity contribution is 0.248.